The molecule has 4 rings (SSSR count). The number of carbonyl (C=O) groups excluding carboxylic acids is 3. The van der Waals surface area contributed by atoms with E-state index in [9.17, 15) is 14.4 Å². The molecule has 0 spiro atoms. The van der Waals surface area contributed by atoms with Gasteiger partial charge in [0.15, 0.2) is 5.49 Å². The van der Waals surface area contributed by atoms with Crippen LogP contribution in [0.15, 0.2) is 47.6 Å². The number of nitrogens with zero attached hydrogens (tertiary/aromatic N) is 5. The number of carbonyl (C=O) groups is 3. The molecule has 1 aliphatic rings. The molecule has 1 aliphatic heterocycles. The Morgan fingerprint density at radius 1 is 1.19 bits per heavy atom. The molecule has 0 bridgehead atoms. The summed E-state index contributed by atoms with van der Waals surface area (Å²) in [6.45, 7) is 3.65. The Bertz CT molecular complexity index is 1520. The monoisotopic (exact) mass is 500 g/mol. The first-order valence-corrected chi connectivity index (χ1v) is 12.1. The zero-order valence-electron chi connectivity index (χ0n) is 21.9. The molecule has 0 aliphatic carbocycles. The van der Waals surface area contributed by atoms with Crippen LogP contribution in [0.25, 0.3) is 23.1 Å². The number of aromatic nitrogens is 2. The fourth-order valence-corrected chi connectivity index (χ4v) is 4.33. The summed E-state index contributed by atoms with van der Waals surface area (Å²) >= 11 is 0. The van der Waals surface area contributed by atoms with Crippen molar-refractivity contribution in [3.8, 4) is 0 Å². The number of likely N-dealkylation sites (N-methyl/N-ethyl adjacent to an activating group) is 2. The third-order valence-electron chi connectivity index (χ3n) is 6.61. The van der Waals surface area contributed by atoms with Gasteiger partial charge in [-0.25, -0.2) is 4.98 Å². The van der Waals surface area contributed by atoms with Gasteiger partial charge in [0.25, 0.3) is 5.91 Å². The number of rotatable bonds is 8. The summed E-state index contributed by atoms with van der Waals surface area (Å²) in [7, 11) is 7.62. The first-order valence-electron chi connectivity index (χ1n) is 12.1. The fraction of sp³-hybridized carbons (Fsp3) is 0.321. The van der Waals surface area contributed by atoms with Crippen LogP contribution in [0.1, 0.15) is 16.8 Å². The van der Waals surface area contributed by atoms with Crippen molar-refractivity contribution in [3.05, 3.63) is 70.1 Å². The van der Waals surface area contributed by atoms with E-state index in [1.807, 2.05) is 38.2 Å². The van der Waals surface area contributed by atoms with Gasteiger partial charge in [-0.1, -0.05) is 24.3 Å². The van der Waals surface area contributed by atoms with Gasteiger partial charge < -0.3 is 19.7 Å². The smallest absolute Gasteiger partial charge is 0.264 e. The molecule has 1 N–H and O–H groups in total. The summed E-state index contributed by atoms with van der Waals surface area (Å²) in [5, 5.41) is 4.49. The number of para-hydroxylation sites is 1. The third-order valence-corrected chi connectivity index (χ3v) is 6.61. The third kappa shape index (κ3) is 5.67. The first kappa shape index (κ1) is 26.0. The number of aryl methyl sites for hydroxylation is 1. The molecule has 3 heterocycles. The Morgan fingerprint density at radius 2 is 1.95 bits per heavy atom. The summed E-state index contributed by atoms with van der Waals surface area (Å²) in [5.74, 6) is -2.06. The second kappa shape index (κ2) is 10.9. The van der Waals surface area contributed by atoms with E-state index in [-0.39, 0.29) is 17.3 Å². The van der Waals surface area contributed by atoms with E-state index < -0.39 is 11.8 Å². The van der Waals surface area contributed by atoms with Crippen LogP contribution in [-0.4, -0.2) is 71.3 Å². The van der Waals surface area contributed by atoms with Crippen LogP contribution in [0, 0.1) is 12.8 Å². The average Bonchev–Trinajstić information content (AvgIpc) is 3.11. The number of fused-ring (bicyclic) bond motifs is 2. The van der Waals surface area contributed by atoms with Gasteiger partial charge in [-0.3, -0.25) is 14.4 Å². The molecule has 1 atom stereocenters. The van der Waals surface area contributed by atoms with Gasteiger partial charge in [0.05, 0.1) is 0 Å². The van der Waals surface area contributed by atoms with Crippen LogP contribution in [0.3, 0.4) is 0 Å². The highest BCUT2D eigenvalue weighted by atomic mass is 16.2. The van der Waals surface area contributed by atoms with Gasteiger partial charge in [-0.2, -0.15) is 4.99 Å². The van der Waals surface area contributed by atoms with Crippen molar-refractivity contribution in [1.29, 1.82) is 0 Å². The molecule has 9 nitrogen and oxygen atoms in total. The maximum Gasteiger partial charge on any atom is 0.264 e. The number of benzene rings is 1. The summed E-state index contributed by atoms with van der Waals surface area (Å²) in [5.41, 5.74) is 4.33. The molecule has 1 aromatic carbocycles. The number of amides is 3. The summed E-state index contributed by atoms with van der Waals surface area (Å²) in [4.78, 5) is 49.6. The van der Waals surface area contributed by atoms with E-state index in [1.54, 1.807) is 36.4 Å². The molecule has 0 saturated heterocycles. The maximum absolute atomic E-state index is 12.9. The summed E-state index contributed by atoms with van der Waals surface area (Å²) in [6.07, 6.45) is 6.32. The summed E-state index contributed by atoms with van der Waals surface area (Å²) < 4.78 is 2.14. The quantitative estimate of drug-likeness (QED) is 0.364. The Labute approximate surface area is 215 Å². The van der Waals surface area contributed by atoms with Crippen LogP contribution in [-0.2, 0) is 28.0 Å². The Balaban J connectivity index is 1.48. The molecule has 192 valence electrons. The van der Waals surface area contributed by atoms with E-state index in [4.69, 9.17) is 0 Å². The lowest BCUT2D eigenvalue weighted by Crippen LogP contribution is -2.43. The van der Waals surface area contributed by atoms with E-state index >= 15 is 0 Å². The van der Waals surface area contributed by atoms with Gasteiger partial charge >= 0.3 is 0 Å². The summed E-state index contributed by atoms with van der Waals surface area (Å²) in [6, 6.07) is 9.94. The Hall–Kier alpha value is -4.11. The topological polar surface area (TPSA) is 99.9 Å². The molecule has 0 radical (unpaired) electrons. The number of nitrogens with one attached hydrogen (secondary N) is 1. The highest BCUT2D eigenvalue weighted by Crippen LogP contribution is 2.25. The van der Waals surface area contributed by atoms with Crippen LogP contribution < -0.4 is 16.0 Å². The van der Waals surface area contributed by atoms with E-state index in [1.165, 1.54) is 6.08 Å². The molecule has 2 aromatic heterocycles. The van der Waals surface area contributed by atoms with Crippen molar-refractivity contribution < 1.29 is 14.4 Å². The maximum atomic E-state index is 12.9. The molecule has 1 unspecified atom stereocenters. The van der Waals surface area contributed by atoms with Gasteiger partial charge in [0.1, 0.15) is 5.92 Å². The van der Waals surface area contributed by atoms with Gasteiger partial charge in [0, 0.05) is 67.8 Å². The lowest BCUT2D eigenvalue weighted by Gasteiger charge is -2.16. The zero-order chi connectivity index (χ0) is 26.7. The minimum atomic E-state index is -0.993. The van der Waals surface area contributed by atoms with Crippen molar-refractivity contribution in [3.63, 3.8) is 0 Å². The minimum absolute atomic E-state index is 0.146. The second-order valence-corrected chi connectivity index (χ2v) is 9.54. The Kier molecular flexibility index (Phi) is 7.63. The van der Waals surface area contributed by atoms with E-state index in [2.05, 4.69) is 38.9 Å². The first-order chi connectivity index (χ1) is 17.7. The molecule has 0 saturated carbocycles. The molecular weight excluding hydrogens is 468 g/mol. The average molecular weight is 501 g/mol. The van der Waals surface area contributed by atoms with Crippen LogP contribution in [0.2, 0.25) is 0 Å². The van der Waals surface area contributed by atoms with Gasteiger partial charge in [-0.05, 0) is 50.4 Å². The molecule has 3 aromatic rings. The SMILES string of the molecule is Cc1c(CN(C)C(=O)/C=C/c2cnc3c(c2)=CC(C(=O)NCCN(C)C)C(=O)N=3)c2ccccc2n1C. The number of hydrogen-bond acceptors (Lipinski definition) is 5. The predicted molar refractivity (Wildman–Crippen MR) is 143 cm³/mol. The molecular formula is C28H32N6O3. The molecule has 37 heavy (non-hydrogen) atoms. The minimum Gasteiger partial charge on any atom is -0.354 e. The number of pyridine rings is 1. The standard InChI is InChI=1S/C28H32N6O3/c1-18-23(21-8-6-7-9-24(21)34(18)5)17-33(4)25(35)11-10-19-14-20-15-22(27(36)29-12-13-32(2)3)28(37)31-26(20)30-16-19/h6-11,14-16,22H,12-13,17H2,1-5H3,(H,29,36)/b11-10+. The fourth-order valence-electron chi connectivity index (χ4n) is 4.33. The van der Waals surface area contributed by atoms with Crippen molar-refractivity contribution in [2.45, 2.75) is 13.5 Å². The molecule has 9 heteroatoms. The lowest BCUT2D eigenvalue weighted by atomic mass is 10.0. The highest BCUT2D eigenvalue weighted by molar-refractivity contribution is 6.06. The van der Waals surface area contributed by atoms with E-state index in [0.29, 0.717) is 30.4 Å². The van der Waals surface area contributed by atoms with Crippen LogP contribution in [0.4, 0.5) is 0 Å². The van der Waals surface area contributed by atoms with Crippen molar-refractivity contribution in [2.24, 2.45) is 18.0 Å². The van der Waals surface area contributed by atoms with E-state index in [0.717, 1.165) is 22.2 Å². The molecule has 0 fully saturated rings. The molecule has 3 amide bonds. The van der Waals surface area contributed by atoms with Crippen molar-refractivity contribution >= 4 is 40.8 Å². The zero-order valence-corrected chi connectivity index (χ0v) is 21.9. The van der Waals surface area contributed by atoms with Crippen LogP contribution >= 0.6 is 0 Å². The van der Waals surface area contributed by atoms with Gasteiger partial charge in [0.2, 0.25) is 11.8 Å². The Morgan fingerprint density at radius 3 is 2.70 bits per heavy atom. The largest absolute Gasteiger partial charge is 0.354 e. The second-order valence-electron chi connectivity index (χ2n) is 9.54. The lowest BCUT2D eigenvalue weighted by molar-refractivity contribution is -0.131. The van der Waals surface area contributed by atoms with Crippen molar-refractivity contribution in [1.82, 2.24) is 24.7 Å². The van der Waals surface area contributed by atoms with Gasteiger partial charge in [-0.15, -0.1) is 0 Å². The van der Waals surface area contributed by atoms with Crippen molar-refractivity contribution in [2.75, 3.05) is 34.2 Å². The van der Waals surface area contributed by atoms with Crippen LogP contribution in [0.5, 0.6) is 0 Å². The number of hydrogen-bond donors (Lipinski definition) is 1. The highest BCUT2D eigenvalue weighted by Gasteiger charge is 2.26. The normalized spacial score (nSPS) is 15.0. The predicted octanol–water partition coefficient (Wildman–Crippen LogP) is 0.788.